The highest BCUT2D eigenvalue weighted by atomic mass is 16.5. The first kappa shape index (κ1) is 14.9. The molecule has 1 amide bonds. The number of carbonyl (C=O) groups excluding carboxylic acids is 1. The van der Waals surface area contributed by atoms with Crippen LogP contribution in [0, 0.1) is 20.8 Å². The first-order valence-corrected chi connectivity index (χ1v) is 6.83. The van der Waals surface area contributed by atoms with Gasteiger partial charge in [-0.05, 0) is 49.6 Å². The van der Waals surface area contributed by atoms with Crippen LogP contribution in [0.25, 0.3) is 0 Å². The van der Waals surface area contributed by atoms with Crippen molar-refractivity contribution in [2.24, 2.45) is 0 Å². The number of rotatable bonds is 4. The first-order chi connectivity index (χ1) is 9.99. The number of ether oxygens (including phenoxy) is 1. The van der Waals surface area contributed by atoms with Crippen LogP contribution >= 0.6 is 0 Å². The Morgan fingerprint density at radius 1 is 1.10 bits per heavy atom. The smallest absolute Gasteiger partial charge is 0.262 e. The van der Waals surface area contributed by atoms with Crippen LogP contribution in [0.5, 0.6) is 5.75 Å². The average Bonchev–Trinajstić information content (AvgIpc) is 2.45. The molecule has 4 heteroatoms. The van der Waals surface area contributed by atoms with Gasteiger partial charge in [-0.1, -0.05) is 24.3 Å². The molecule has 0 fully saturated rings. The van der Waals surface area contributed by atoms with E-state index in [0.29, 0.717) is 11.4 Å². The lowest BCUT2D eigenvalue weighted by molar-refractivity contribution is -0.118. The van der Waals surface area contributed by atoms with Crippen molar-refractivity contribution in [2.75, 3.05) is 17.7 Å². The van der Waals surface area contributed by atoms with Crippen LogP contribution in [0.2, 0.25) is 0 Å². The van der Waals surface area contributed by atoms with Crippen molar-refractivity contribution in [3.63, 3.8) is 0 Å². The molecule has 110 valence electrons. The minimum absolute atomic E-state index is 0.0422. The fourth-order valence-corrected chi connectivity index (χ4v) is 2.08. The minimum atomic E-state index is -0.229. The average molecular weight is 284 g/mol. The molecule has 4 nitrogen and oxygen atoms in total. The highest BCUT2D eigenvalue weighted by Crippen LogP contribution is 2.25. The highest BCUT2D eigenvalue weighted by Gasteiger charge is 2.10. The maximum atomic E-state index is 12.0. The summed E-state index contributed by atoms with van der Waals surface area (Å²) in [6.45, 7) is 5.94. The number of carbonyl (C=O) groups is 1. The third-order valence-corrected chi connectivity index (χ3v) is 3.46. The van der Waals surface area contributed by atoms with Gasteiger partial charge >= 0.3 is 0 Å². The van der Waals surface area contributed by atoms with Crippen molar-refractivity contribution >= 4 is 17.3 Å². The first-order valence-electron chi connectivity index (χ1n) is 6.83. The lowest BCUT2D eigenvalue weighted by Gasteiger charge is -2.14. The van der Waals surface area contributed by atoms with Gasteiger partial charge < -0.3 is 15.8 Å². The molecule has 0 heterocycles. The van der Waals surface area contributed by atoms with Crippen molar-refractivity contribution in [1.29, 1.82) is 0 Å². The lowest BCUT2D eigenvalue weighted by atomic mass is 10.1. The van der Waals surface area contributed by atoms with Gasteiger partial charge in [0.1, 0.15) is 5.75 Å². The standard InChI is InChI=1S/C17H20N2O2/c1-11-8-9-12(2)17(13(11)3)21-10-16(20)19-15-7-5-4-6-14(15)18/h4-9H,10,18H2,1-3H3,(H,19,20). The number of anilines is 2. The van der Waals surface area contributed by atoms with Crippen molar-refractivity contribution in [1.82, 2.24) is 0 Å². The third-order valence-electron chi connectivity index (χ3n) is 3.46. The zero-order valence-electron chi connectivity index (χ0n) is 12.6. The highest BCUT2D eigenvalue weighted by molar-refractivity contribution is 5.94. The third kappa shape index (κ3) is 3.54. The second-order valence-electron chi connectivity index (χ2n) is 5.08. The summed E-state index contributed by atoms with van der Waals surface area (Å²) in [6, 6.07) is 11.2. The van der Waals surface area contributed by atoms with Gasteiger partial charge in [0.2, 0.25) is 0 Å². The van der Waals surface area contributed by atoms with E-state index >= 15 is 0 Å². The Bertz CT molecular complexity index is 666. The molecule has 0 aliphatic rings. The number of hydrogen-bond acceptors (Lipinski definition) is 3. The van der Waals surface area contributed by atoms with Gasteiger partial charge in [-0.2, -0.15) is 0 Å². The molecule has 0 unspecified atom stereocenters. The lowest BCUT2D eigenvalue weighted by Crippen LogP contribution is -2.21. The van der Waals surface area contributed by atoms with Crippen molar-refractivity contribution in [2.45, 2.75) is 20.8 Å². The Morgan fingerprint density at radius 2 is 1.76 bits per heavy atom. The fraction of sp³-hybridized carbons (Fsp3) is 0.235. The van der Waals surface area contributed by atoms with Crippen LogP contribution in [0.1, 0.15) is 16.7 Å². The number of nitrogens with two attached hydrogens (primary N) is 1. The van der Waals surface area contributed by atoms with Crippen molar-refractivity contribution < 1.29 is 9.53 Å². The van der Waals surface area contributed by atoms with Crippen LogP contribution in [-0.2, 0) is 4.79 Å². The second-order valence-corrected chi connectivity index (χ2v) is 5.08. The Morgan fingerprint density at radius 3 is 2.48 bits per heavy atom. The van der Waals surface area contributed by atoms with Crippen LogP contribution in [0.4, 0.5) is 11.4 Å². The molecule has 0 aromatic heterocycles. The summed E-state index contributed by atoms with van der Waals surface area (Å²) in [5.41, 5.74) is 10.1. The Labute approximate surface area is 124 Å². The summed E-state index contributed by atoms with van der Waals surface area (Å²) in [4.78, 5) is 12.0. The van der Waals surface area contributed by atoms with Crippen molar-refractivity contribution in [3.8, 4) is 5.75 Å². The maximum absolute atomic E-state index is 12.0. The Balaban J connectivity index is 2.02. The molecule has 0 atom stereocenters. The van der Waals surface area contributed by atoms with Gasteiger partial charge in [0.05, 0.1) is 11.4 Å². The zero-order valence-corrected chi connectivity index (χ0v) is 12.6. The zero-order chi connectivity index (χ0) is 15.4. The molecular weight excluding hydrogens is 264 g/mol. The number of hydrogen-bond donors (Lipinski definition) is 2. The molecule has 0 aliphatic carbocycles. The summed E-state index contributed by atoms with van der Waals surface area (Å²) >= 11 is 0. The normalized spacial score (nSPS) is 10.2. The molecule has 21 heavy (non-hydrogen) atoms. The van der Waals surface area contributed by atoms with Crippen molar-refractivity contribution in [3.05, 3.63) is 53.1 Å². The number of nitrogens with one attached hydrogen (secondary N) is 1. The molecule has 0 saturated carbocycles. The van der Waals surface area contributed by atoms with E-state index in [2.05, 4.69) is 5.32 Å². The molecule has 0 spiro atoms. The van der Waals surface area contributed by atoms with Crippen LogP contribution in [-0.4, -0.2) is 12.5 Å². The van der Waals surface area contributed by atoms with E-state index in [1.807, 2.05) is 45.0 Å². The van der Waals surface area contributed by atoms with E-state index in [4.69, 9.17) is 10.5 Å². The summed E-state index contributed by atoms with van der Waals surface area (Å²) in [7, 11) is 0. The predicted molar refractivity (Wildman–Crippen MR) is 85.6 cm³/mol. The quantitative estimate of drug-likeness (QED) is 0.847. The van der Waals surface area contributed by atoms with Gasteiger partial charge in [0, 0.05) is 0 Å². The summed E-state index contributed by atoms with van der Waals surface area (Å²) in [5, 5.41) is 2.75. The maximum Gasteiger partial charge on any atom is 0.262 e. The van der Waals surface area contributed by atoms with E-state index < -0.39 is 0 Å². The molecule has 3 N–H and O–H groups in total. The van der Waals surface area contributed by atoms with Gasteiger partial charge in [-0.15, -0.1) is 0 Å². The molecule has 0 saturated heterocycles. The number of nitrogen functional groups attached to an aromatic ring is 1. The van der Waals surface area contributed by atoms with Gasteiger partial charge in [-0.25, -0.2) is 0 Å². The van der Waals surface area contributed by atoms with E-state index in [1.165, 1.54) is 0 Å². The van der Waals surface area contributed by atoms with E-state index in [1.54, 1.807) is 12.1 Å². The Hall–Kier alpha value is -2.49. The van der Waals surface area contributed by atoms with Crippen LogP contribution in [0.3, 0.4) is 0 Å². The molecule has 2 rings (SSSR count). The molecular formula is C17H20N2O2. The fourth-order valence-electron chi connectivity index (χ4n) is 2.08. The molecule has 0 radical (unpaired) electrons. The largest absolute Gasteiger partial charge is 0.483 e. The topological polar surface area (TPSA) is 64.3 Å². The summed E-state index contributed by atoms with van der Waals surface area (Å²) in [5.74, 6) is 0.541. The molecule has 2 aromatic rings. The monoisotopic (exact) mass is 284 g/mol. The minimum Gasteiger partial charge on any atom is -0.483 e. The predicted octanol–water partition coefficient (Wildman–Crippen LogP) is 3.21. The summed E-state index contributed by atoms with van der Waals surface area (Å²) < 4.78 is 5.67. The SMILES string of the molecule is Cc1ccc(C)c(OCC(=O)Nc2ccccc2N)c1C. The number of benzene rings is 2. The van der Waals surface area contributed by atoms with Gasteiger partial charge in [0.25, 0.3) is 5.91 Å². The number of amides is 1. The molecule has 0 aliphatic heterocycles. The van der Waals surface area contributed by atoms with E-state index in [9.17, 15) is 4.79 Å². The number of aryl methyl sites for hydroxylation is 2. The summed E-state index contributed by atoms with van der Waals surface area (Å²) in [6.07, 6.45) is 0. The number of para-hydroxylation sites is 2. The van der Waals surface area contributed by atoms with E-state index in [0.717, 1.165) is 22.4 Å². The van der Waals surface area contributed by atoms with Crippen LogP contribution in [0.15, 0.2) is 36.4 Å². The molecule has 0 bridgehead atoms. The molecule has 2 aromatic carbocycles. The Kier molecular flexibility index (Phi) is 4.48. The van der Waals surface area contributed by atoms with Crippen LogP contribution < -0.4 is 15.8 Å². The van der Waals surface area contributed by atoms with Gasteiger partial charge in [0.15, 0.2) is 6.61 Å². The second kappa shape index (κ2) is 6.31. The van der Waals surface area contributed by atoms with Gasteiger partial charge in [-0.3, -0.25) is 4.79 Å². The van der Waals surface area contributed by atoms with E-state index in [-0.39, 0.29) is 12.5 Å².